The molecule has 3 aromatic heterocycles. The maximum absolute atomic E-state index is 12.2. The summed E-state index contributed by atoms with van der Waals surface area (Å²) >= 11 is 0. The number of nitrogens with zero attached hydrogens (tertiary/aromatic N) is 3. The Kier molecular flexibility index (Phi) is 2.32. The summed E-state index contributed by atoms with van der Waals surface area (Å²) in [6.45, 7) is 0. The highest BCUT2D eigenvalue weighted by Gasteiger charge is 2.27. The zero-order chi connectivity index (χ0) is 13.5. The van der Waals surface area contributed by atoms with Crippen LogP contribution in [0, 0.1) is 0 Å². The first kappa shape index (κ1) is 11.2. The molecule has 0 aromatic carbocycles. The van der Waals surface area contributed by atoms with Gasteiger partial charge in [-0.1, -0.05) is 0 Å². The molecule has 0 aliphatic heterocycles. The van der Waals surface area contributed by atoms with Gasteiger partial charge in [-0.15, -0.1) is 5.10 Å². The van der Waals surface area contributed by atoms with Gasteiger partial charge in [-0.05, 0) is 25.0 Å². The van der Waals surface area contributed by atoms with Gasteiger partial charge >= 0.3 is 0 Å². The first-order chi connectivity index (χ1) is 9.81. The SMILES string of the molecule is O=C(Nc1n[nH]c(C2CC2)n1)c1nccc2occc12. The van der Waals surface area contributed by atoms with E-state index in [1.807, 2.05) is 0 Å². The highest BCUT2D eigenvalue weighted by molar-refractivity contribution is 6.09. The molecular weight excluding hydrogens is 258 g/mol. The molecule has 1 aliphatic rings. The number of fused-ring (bicyclic) bond motifs is 1. The number of nitrogens with one attached hydrogen (secondary N) is 2. The Bertz CT molecular complexity index is 787. The van der Waals surface area contributed by atoms with Crippen molar-refractivity contribution in [1.82, 2.24) is 20.2 Å². The van der Waals surface area contributed by atoms with Crippen molar-refractivity contribution in [2.45, 2.75) is 18.8 Å². The van der Waals surface area contributed by atoms with Crippen molar-refractivity contribution in [2.75, 3.05) is 5.32 Å². The lowest BCUT2D eigenvalue weighted by Gasteiger charge is -2.00. The second-order valence-corrected chi connectivity index (χ2v) is 4.76. The lowest BCUT2D eigenvalue weighted by Crippen LogP contribution is -2.14. The smallest absolute Gasteiger partial charge is 0.277 e. The summed E-state index contributed by atoms with van der Waals surface area (Å²) in [4.78, 5) is 20.6. The molecule has 1 saturated carbocycles. The lowest BCUT2D eigenvalue weighted by atomic mass is 10.2. The molecule has 0 atom stereocenters. The molecule has 1 fully saturated rings. The van der Waals surface area contributed by atoms with E-state index in [2.05, 4.69) is 25.5 Å². The molecule has 100 valence electrons. The van der Waals surface area contributed by atoms with Crippen LogP contribution in [0.5, 0.6) is 0 Å². The summed E-state index contributed by atoms with van der Waals surface area (Å²) in [6, 6.07) is 3.43. The molecule has 3 heterocycles. The normalized spacial score (nSPS) is 14.6. The fourth-order valence-corrected chi connectivity index (χ4v) is 2.11. The second kappa shape index (κ2) is 4.16. The second-order valence-electron chi connectivity index (χ2n) is 4.76. The standard InChI is InChI=1S/C13H11N5O2/c19-12(10-8-4-6-20-9(8)3-5-14-10)16-13-15-11(17-18-13)7-1-2-7/h3-7H,1-2H2,(H2,15,16,17,18,19). The average molecular weight is 269 g/mol. The fraction of sp³-hybridized carbons (Fsp3) is 0.231. The molecule has 3 aromatic rings. The van der Waals surface area contributed by atoms with Gasteiger partial charge < -0.3 is 4.42 Å². The molecule has 0 saturated heterocycles. The van der Waals surface area contributed by atoms with Crippen LogP contribution in [0.3, 0.4) is 0 Å². The summed E-state index contributed by atoms with van der Waals surface area (Å²) in [7, 11) is 0. The molecule has 4 rings (SSSR count). The maximum atomic E-state index is 12.2. The van der Waals surface area contributed by atoms with Crippen LogP contribution in [0.25, 0.3) is 11.0 Å². The quantitative estimate of drug-likeness (QED) is 0.758. The van der Waals surface area contributed by atoms with E-state index in [0.717, 1.165) is 18.7 Å². The molecule has 0 radical (unpaired) electrons. The maximum Gasteiger partial charge on any atom is 0.277 e. The minimum atomic E-state index is -0.349. The number of hydrogen-bond acceptors (Lipinski definition) is 5. The minimum Gasteiger partial charge on any atom is -0.464 e. The lowest BCUT2D eigenvalue weighted by molar-refractivity contribution is 0.102. The zero-order valence-electron chi connectivity index (χ0n) is 10.5. The van der Waals surface area contributed by atoms with E-state index in [0.29, 0.717) is 22.6 Å². The van der Waals surface area contributed by atoms with Crippen molar-refractivity contribution in [3.8, 4) is 0 Å². The Morgan fingerprint density at radius 3 is 3.15 bits per heavy atom. The van der Waals surface area contributed by atoms with Crippen molar-refractivity contribution in [3.05, 3.63) is 36.1 Å². The number of rotatable bonds is 3. The number of furan rings is 1. The van der Waals surface area contributed by atoms with Crippen molar-refractivity contribution >= 4 is 22.8 Å². The third-order valence-corrected chi connectivity index (χ3v) is 3.29. The molecule has 1 aliphatic carbocycles. The van der Waals surface area contributed by atoms with Crippen molar-refractivity contribution in [2.24, 2.45) is 0 Å². The summed E-state index contributed by atoms with van der Waals surface area (Å²) < 4.78 is 5.25. The number of aromatic amines is 1. The molecule has 0 bridgehead atoms. The van der Waals surface area contributed by atoms with Gasteiger partial charge in [0.1, 0.15) is 17.1 Å². The monoisotopic (exact) mass is 269 g/mol. The Balaban J connectivity index is 1.61. The predicted molar refractivity (Wildman–Crippen MR) is 70.3 cm³/mol. The van der Waals surface area contributed by atoms with Crippen LogP contribution in [0.2, 0.25) is 0 Å². The number of pyridine rings is 1. The van der Waals surface area contributed by atoms with Gasteiger partial charge in [-0.25, -0.2) is 0 Å². The largest absolute Gasteiger partial charge is 0.464 e. The molecule has 7 nitrogen and oxygen atoms in total. The first-order valence-electron chi connectivity index (χ1n) is 6.37. The van der Waals surface area contributed by atoms with E-state index in [4.69, 9.17) is 4.42 Å². The highest BCUT2D eigenvalue weighted by atomic mass is 16.3. The number of aromatic nitrogens is 4. The van der Waals surface area contributed by atoms with Crippen molar-refractivity contribution in [3.63, 3.8) is 0 Å². The molecule has 2 N–H and O–H groups in total. The fourth-order valence-electron chi connectivity index (χ4n) is 2.11. The van der Waals surface area contributed by atoms with E-state index in [9.17, 15) is 4.79 Å². The van der Waals surface area contributed by atoms with Crippen LogP contribution in [0.4, 0.5) is 5.95 Å². The number of carbonyl (C=O) groups is 1. The molecule has 0 spiro atoms. The van der Waals surface area contributed by atoms with Gasteiger partial charge in [0.25, 0.3) is 5.91 Å². The molecular formula is C13H11N5O2. The van der Waals surface area contributed by atoms with Gasteiger partial charge in [0.15, 0.2) is 0 Å². The van der Waals surface area contributed by atoms with Crippen molar-refractivity contribution in [1.29, 1.82) is 0 Å². The van der Waals surface area contributed by atoms with Crippen molar-refractivity contribution < 1.29 is 9.21 Å². The predicted octanol–water partition coefficient (Wildman–Crippen LogP) is 2.08. The number of H-pyrrole nitrogens is 1. The molecule has 1 amide bonds. The van der Waals surface area contributed by atoms with Crippen LogP contribution in [0.1, 0.15) is 35.1 Å². The van der Waals surface area contributed by atoms with E-state index < -0.39 is 0 Å². The molecule has 0 unspecified atom stereocenters. The van der Waals surface area contributed by atoms with E-state index in [1.54, 1.807) is 12.1 Å². The Hall–Kier alpha value is -2.70. The molecule has 7 heteroatoms. The van der Waals surface area contributed by atoms with Crippen LogP contribution < -0.4 is 5.32 Å². The van der Waals surface area contributed by atoms with Crippen LogP contribution >= 0.6 is 0 Å². The van der Waals surface area contributed by atoms with Gasteiger partial charge in [-0.3, -0.25) is 20.2 Å². The molecule has 20 heavy (non-hydrogen) atoms. The Morgan fingerprint density at radius 2 is 2.30 bits per heavy atom. The summed E-state index contributed by atoms with van der Waals surface area (Å²) in [5, 5.41) is 10.1. The zero-order valence-corrected chi connectivity index (χ0v) is 10.5. The minimum absolute atomic E-state index is 0.277. The summed E-state index contributed by atoms with van der Waals surface area (Å²) in [5.74, 6) is 1.22. The number of hydrogen-bond donors (Lipinski definition) is 2. The van der Waals surface area contributed by atoms with E-state index in [1.165, 1.54) is 12.5 Å². The first-order valence-corrected chi connectivity index (χ1v) is 6.37. The van der Waals surface area contributed by atoms with E-state index in [-0.39, 0.29) is 11.9 Å². The third-order valence-electron chi connectivity index (χ3n) is 3.29. The van der Waals surface area contributed by atoms with Gasteiger partial charge in [-0.2, -0.15) is 4.98 Å². The Labute approximate surface area is 113 Å². The Morgan fingerprint density at radius 1 is 1.40 bits per heavy atom. The summed E-state index contributed by atoms with van der Waals surface area (Å²) in [6.07, 6.45) is 5.31. The summed E-state index contributed by atoms with van der Waals surface area (Å²) in [5.41, 5.74) is 0.924. The highest BCUT2D eigenvalue weighted by Crippen LogP contribution is 2.38. The van der Waals surface area contributed by atoms with Gasteiger partial charge in [0, 0.05) is 12.1 Å². The van der Waals surface area contributed by atoms with Gasteiger partial charge in [0.05, 0.1) is 11.6 Å². The third kappa shape index (κ3) is 1.83. The van der Waals surface area contributed by atoms with E-state index >= 15 is 0 Å². The van der Waals surface area contributed by atoms with Crippen LogP contribution in [-0.2, 0) is 0 Å². The van der Waals surface area contributed by atoms with Crippen LogP contribution in [0.15, 0.2) is 29.0 Å². The van der Waals surface area contributed by atoms with Crippen LogP contribution in [-0.4, -0.2) is 26.1 Å². The number of amides is 1. The van der Waals surface area contributed by atoms with Gasteiger partial charge in [0.2, 0.25) is 5.95 Å². The topological polar surface area (TPSA) is 96.7 Å². The number of carbonyl (C=O) groups excluding carboxylic acids is 1. The average Bonchev–Trinajstić information content (AvgIpc) is 3.00. The number of anilines is 1.